The Balaban J connectivity index is 1.94. The fraction of sp³-hybridized carbons (Fsp3) is 0.333. The van der Waals surface area contributed by atoms with Crippen molar-refractivity contribution in [2.45, 2.75) is 33.1 Å². The summed E-state index contributed by atoms with van der Waals surface area (Å²) >= 11 is 6.40. The number of halogens is 1. The Kier molecular flexibility index (Phi) is 4.86. The van der Waals surface area contributed by atoms with Gasteiger partial charge in [0, 0.05) is 28.6 Å². The van der Waals surface area contributed by atoms with Crippen molar-refractivity contribution >= 4 is 23.0 Å². The molecule has 0 saturated heterocycles. The predicted octanol–water partition coefficient (Wildman–Crippen LogP) is 5.53. The first kappa shape index (κ1) is 16.9. The van der Waals surface area contributed by atoms with E-state index in [1.54, 1.807) is 12.3 Å². The first-order chi connectivity index (χ1) is 11.5. The molecule has 2 nitrogen and oxygen atoms in total. The van der Waals surface area contributed by atoms with Crippen LogP contribution in [0.1, 0.15) is 46.9 Å². The maximum Gasteiger partial charge on any atom is 0.194 e. The maximum absolute atomic E-state index is 13.1. The van der Waals surface area contributed by atoms with Gasteiger partial charge in [0.25, 0.3) is 0 Å². The van der Waals surface area contributed by atoms with Crippen molar-refractivity contribution in [1.29, 1.82) is 0 Å². The molecule has 24 heavy (non-hydrogen) atoms. The molecule has 0 N–H and O–H groups in total. The van der Waals surface area contributed by atoms with Gasteiger partial charge in [-0.3, -0.25) is 9.78 Å². The summed E-state index contributed by atoms with van der Waals surface area (Å²) in [4.78, 5) is 17.4. The van der Waals surface area contributed by atoms with Crippen LogP contribution < -0.4 is 0 Å². The van der Waals surface area contributed by atoms with E-state index in [0.29, 0.717) is 22.1 Å². The van der Waals surface area contributed by atoms with Gasteiger partial charge in [-0.1, -0.05) is 49.7 Å². The molecular formula is C21H22ClNO. The number of carbonyl (C=O) groups excluding carboxylic acids is 1. The monoisotopic (exact) mass is 339 g/mol. The smallest absolute Gasteiger partial charge is 0.194 e. The lowest BCUT2D eigenvalue weighted by Crippen LogP contribution is -2.25. The van der Waals surface area contributed by atoms with E-state index in [0.717, 1.165) is 29.2 Å². The van der Waals surface area contributed by atoms with E-state index < -0.39 is 0 Å². The molecule has 1 aliphatic carbocycles. The van der Waals surface area contributed by atoms with E-state index in [4.69, 9.17) is 11.6 Å². The van der Waals surface area contributed by atoms with Crippen molar-refractivity contribution in [2.75, 3.05) is 0 Å². The molecule has 3 rings (SSSR count). The van der Waals surface area contributed by atoms with Crippen LogP contribution in [-0.2, 0) is 6.42 Å². The third-order valence-electron chi connectivity index (χ3n) is 5.21. The van der Waals surface area contributed by atoms with Crippen molar-refractivity contribution in [3.8, 4) is 0 Å². The summed E-state index contributed by atoms with van der Waals surface area (Å²) in [5, 5.41) is 0.507. The fourth-order valence-electron chi connectivity index (χ4n) is 3.39. The molecule has 1 saturated carbocycles. The van der Waals surface area contributed by atoms with E-state index >= 15 is 0 Å². The van der Waals surface area contributed by atoms with Crippen molar-refractivity contribution in [3.05, 3.63) is 70.5 Å². The first-order valence-corrected chi connectivity index (χ1v) is 8.79. The number of allylic oxidation sites excluding steroid dienone is 1. The third-order valence-corrected chi connectivity index (χ3v) is 5.53. The third kappa shape index (κ3) is 3.16. The van der Waals surface area contributed by atoms with Crippen LogP contribution in [-0.4, -0.2) is 10.8 Å². The van der Waals surface area contributed by atoms with Crippen LogP contribution in [0.15, 0.2) is 43.1 Å². The molecule has 1 aromatic carbocycles. The molecule has 3 heteroatoms. The number of benzene rings is 1. The summed E-state index contributed by atoms with van der Waals surface area (Å²) in [5.41, 5.74) is 3.68. The Morgan fingerprint density at radius 1 is 1.29 bits per heavy atom. The zero-order valence-electron chi connectivity index (χ0n) is 14.2. The van der Waals surface area contributed by atoms with Gasteiger partial charge < -0.3 is 0 Å². The molecular weight excluding hydrogens is 318 g/mol. The van der Waals surface area contributed by atoms with Crippen LogP contribution in [0.3, 0.4) is 0 Å². The van der Waals surface area contributed by atoms with Gasteiger partial charge in [-0.25, -0.2) is 0 Å². The molecule has 0 amide bonds. The molecule has 0 spiro atoms. The van der Waals surface area contributed by atoms with Gasteiger partial charge in [0.05, 0.1) is 5.02 Å². The zero-order chi connectivity index (χ0) is 17.3. The second-order valence-corrected chi connectivity index (χ2v) is 7.14. The quantitative estimate of drug-likeness (QED) is 0.529. The average Bonchev–Trinajstić information content (AvgIpc) is 2.57. The Bertz CT molecular complexity index is 796. The van der Waals surface area contributed by atoms with E-state index in [2.05, 4.69) is 18.5 Å². The molecule has 0 aliphatic heterocycles. The highest BCUT2D eigenvalue weighted by Gasteiger charge is 2.29. The van der Waals surface area contributed by atoms with Crippen molar-refractivity contribution in [2.24, 2.45) is 11.8 Å². The van der Waals surface area contributed by atoms with E-state index in [1.165, 1.54) is 12.8 Å². The number of rotatable bonds is 5. The number of aryl methyl sites for hydroxylation is 1. The standard InChI is InChI=1S/C21H22ClNO/c1-13-9-10-16(13)12-17-6-4-8-19(22)20(17)21(24)14(2)18-7-5-11-23-15(18)3/h4-8,11,13,16H,2,9-10,12H2,1,3H3. The van der Waals surface area contributed by atoms with E-state index in [1.807, 2.05) is 31.2 Å². The van der Waals surface area contributed by atoms with Crippen molar-refractivity contribution in [3.63, 3.8) is 0 Å². The summed E-state index contributed by atoms with van der Waals surface area (Å²) in [7, 11) is 0. The number of pyridine rings is 1. The van der Waals surface area contributed by atoms with Gasteiger partial charge in [0.15, 0.2) is 5.78 Å². The molecule has 0 bridgehead atoms. The number of ketones is 1. The van der Waals surface area contributed by atoms with E-state index in [9.17, 15) is 4.79 Å². The first-order valence-electron chi connectivity index (χ1n) is 8.42. The van der Waals surface area contributed by atoms with Crippen molar-refractivity contribution in [1.82, 2.24) is 4.98 Å². The fourth-order valence-corrected chi connectivity index (χ4v) is 3.67. The highest BCUT2D eigenvalue weighted by molar-refractivity contribution is 6.39. The molecule has 1 fully saturated rings. The van der Waals surface area contributed by atoms with Crippen LogP contribution in [0.4, 0.5) is 0 Å². The lowest BCUT2D eigenvalue weighted by molar-refractivity contribution is 0.105. The largest absolute Gasteiger partial charge is 0.289 e. The van der Waals surface area contributed by atoms with Crippen LogP contribution in [0, 0.1) is 18.8 Å². The summed E-state index contributed by atoms with van der Waals surface area (Å²) in [5.74, 6) is 1.26. The summed E-state index contributed by atoms with van der Waals surface area (Å²) < 4.78 is 0. The number of hydrogen-bond acceptors (Lipinski definition) is 2. The van der Waals surface area contributed by atoms with Crippen LogP contribution in [0.5, 0.6) is 0 Å². The Morgan fingerprint density at radius 2 is 2.08 bits per heavy atom. The zero-order valence-corrected chi connectivity index (χ0v) is 14.9. The number of nitrogens with zero attached hydrogens (tertiary/aromatic N) is 1. The van der Waals surface area contributed by atoms with Crippen LogP contribution in [0.2, 0.25) is 5.02 Å². The topological polar surface area (TPSA) is 30.0 Å². The minimum absolute atomic E-state index is 0.0984. The van der Waals surface area contributed by atoms with Gasteiger partial charge in [-0.15, -0.1) is 0 Å². The minimum Gasteiger partial charge on any atom is -0.289 e. The minimum atomic E-state index is -0.0984. The normalized spacial score (nSPS) is 19.6. The number of carbonyl (C=O) groups is 1. The molecule has 1 aliphatic rings. The lowest BCUT2D eigenvalue weighted by atomic mass is 9.71. The molecule has 0 radical (unpaired) electrons. The maximum atomic E-state index is 13.1. The van der Waals surface area contributed by atoms with Gasteiger partial charge in [-0.05, 0) is 49.3 Å². The second-order valence-electron chi connectivity index (χ2n) is 6.74. The predicted molar refractivity (Wildman–Crippen MR) is 99.4 cm³/mol. The number of hydrogen-bond donors (Lipinski definition) is 0. The van der Waals surface area contributed by atoms with Gasteiger partial charge in [-0.2, -0.15) is 0 Å². The summed E-state index contributed by atoms with van der Waals surface area (Å²) in [6, 6.07) is 9.44. The molecule has 2 unspecified atom stereocenters. The lowest BCUT2D eigenvalue weighted by Gasteiger charge is -2.34. The van der Waals surface area contributed by atoms with Crippen LogP contribution >= 0.6 is 11.6 Å². The Hall–Kier alpha value is -1.93. The Morgan fingerprint density at radius 3 is 2.71 bits per heavy atom. The average molecular weight is 340 g/mol. The number of Topliss-reactive ketones (excluding diaryl/α,β-unsaturated/α-hetero) is 1. The summed E-state index contributed by atoms with van der Waals surface area (Å²) in [6.45, 7) is 8.19. The Labute approximate surface area is 148 Å². The van der Waals surface area contributed by atoms with Gasteiger partial charge >= 0.3 is 0 Å². The highest BCUT2D eigenvalue weighted by atomic mass is 35.5. The summed E-state index contributed by atoms with van der Waals surface area (Å²) in [6.07, 6.45) is 5.12. The molecule has 124 valence electrons. The highest BCUT2D eigenvalue weighted by Crippen LogP contribution is 2.38. The molecule has 1 heterocycles. The van der Waals surface area contributed by atoms with Gasteiger partial charge in [0.2, 0.25) is 0 Å². The molecule has 1 aromatic heterocycles. The second kappa shape index (κ2) is 6.90. The SMILES string of the molecule is C=C(C(=O)c1c(Cl)cccc1CC1CCC1C)c1cccnc1C. The van der Waals surface area contributed by atoms with Gasteiger partial charge in [0.1, 0.15) is 0 Å². The molecule has 2 atom stereocenters. The van der Waals surface area contributed by atoms with E-state index in [-0.39, 0.29) is 5.78 Å². The van der Waals surface area contributed by atoms with Crippen molar-refractivity contribution < 1.29 is 4.79 Å². The van der Waals surface area contributed by atoms with Crippen LogP contribution in [0.25, 0.3) is 5.57 Å². The molecule has 2 aromatic rings. The number of aromatic nitrogens is 1.